The minimum atomic E-state index is -1.22. The molecule has 0 saturated carbocycles. The number of hydrogen-bond donors (Lipinski definition) is 2. The molecule has 1 aliphatic heterocycles. The standard InChI is InChI=1S/C12H11ClFNO4/c13-6-1-2-8(9(14)3-6)11(17)15-5-7(16)4-10(15)12(18)19/h1-3,7,10,16H,4-5H2,(H,18,19)/t7-,10-/m0/s1. The molecule has 2 atom stereocenters. The second-order valence-electron chi connectivity index (χ2n) is 4.33. The van der Waals surface area contributed by atoms with Gasteiger partial charge < -0.3 is 15.1 Å². The quantitative estimate of drug-likeness (QED) is 0.855. The molecule has 0 aliphatic carbocycles. The topological polar surface area (TPSA) is 77.8 Å². The summed E-state index contributed by atoms with van der Waals surface area (Å²) in [6.45, 7) is -0.127. The van der Waals surface area contributed by atoms with Crippen molar-refractivity contribution in [2.24, 2.45) is 0 Å². The number of carbonyl (C=O) groups is 2. The van der Waals surface area contributed by atoms with Crippen LogP contribution in [0.4, 0.5) is 4.39 Å². The van der Waals surface area contributed by atoms with Gasteiger partial charge in [0.25, 0.3) is 5.91 Å². The largest absolute Gasteiger partial charge is 0.480 e. The zero-order valence-corrected chi connectivity index (χ0v) is 10.5. The molecule has 7 heteroatoms. The van der Waals surface area contributed by atoms with E-state index in [-0.39, 0.29) is 23.6 Å². The van der Waals surface area contributed by atoms with Gasteiger partial charge in [-0.25, -0.2) is 9.18 Å². The van der Waals surface area contributed by atoms with Gasteiger partial charge in [0.1, 0.15) is 11.9 Å². The fourth-order valence-electron chi connectivity index (χ4n) is 2.09. The summed E-state index contributed by atoms with van der Waals surface area (Å²) in [5.41, 5.74) is -0.259. The van der Waals surface area contributed by atoms with E-state index in [2.05, 4.69) is 0 Å². The Labute approximate surface area is 113 Å². The van der Waals surface area contributed by atoms with E-state index < -0.39 is 29.8 Å². The molecule has 2 rings (SSSR count). The van der Waals surface area contributed by atoms with Crippen LogP contribution in [-0.4, -0.2) is 45.7 Å². The van der Waals surface area contributed by atoms with Crippen molar-refractivity contribution in [3.05, 3.63) is 34.6 Å². The van der Waals surface area contributed by atoms with E-state index in [0.717, 1.165) is 11.0 Å². The minimum Gasteiger partial charge on any atom is -0.480 e. The number of aliphatic hydroxyl groups is 1. The highest BCUT2D eigenvalue weighted by atomic mass is 35.5. The van der Waals surface area contributed by atoms with E-state index in [1.807, 2.05) is 0 Å². The third-order valence-electron chi connectivity index (χ3n) is 2.99. The highest BCUT2D eigenvalue weighted by Gasteiger charge is 2.39. The van der Waals surface area contributed by atoms with Crippen molar-refractivity contribution in [2.45, 2.75) is 18.6 Å². The predicted molar refractivity (Wildman–Crippen MR) is 64.5 cm³/mol. The number of likely N-dealkylation sites (tertiary alicyclic amines) is 1. The van der Waals surface area contributed by atoms with Gasteiger partial charge in [-0.2, -0.15) is 0 Å². The highest BCUT2D eigenvalue weighted by Crippen LogP contribution is 2.23. The van der Waals surface area contributed by atoms with Gasteiger partial charge in [-0.05, 0) is 18.2 Å². The second kappa shape index (κ2) is 5.14. The summed E-state index contributed by atoms with van der Waals surface area (Å²) in [6.07, 6.45) is -0.976. The Balaban J connectivity index is 2.30. The lowest BCUT2D eigenvalue weighted by Crippen LogP contribution is -2.40. The monoisotopic (exact) mass is 287 g/mol. The predicted octanol–water partition coefficient (Wildman–Crippen LogP) is 1.14. The zero-order chi connectivity index (χ0) is 14.2. The number of carboxylic acids is 1. The third-order valence-corrected chi connectivity index (χ3v) is 3.22. The van der Waals surface area contributed by atoms with Crippen LogP contribution in [0.5, 0.6) is 0 Å². The first-order valence-corrected chi connectivity index (χ1v) is 5.95. The first-order valence-electron chi connectivity index (χ1n) is 5.57. The van der Waals surface area contributed by atoms with Gasteiger partial charge in [0.2, 0.25) is 0 Å². The van der Waals surface area contributed by atoms with E-state index in [1.54, 1.807) is 0 Å². The summed E-state index contributed by atoms with van der Waals surface area (Å²) in [7, 11) is 0. The van der Waals surface area contributed by atoms with Crippen LogP contribution in [0, 0.1) is 5.82 Å². The average molecular weight is 288 g/mol. The van der Waals surface area contributed by atoms with Gasteiger partial charge in [-0.15, -0.1) is 0 Å². The molecular weight excluding hydrogens is 277 g/mol. The molecule has 1 saturated heterocycles. The number of β-amino-alcohol motifs (C(OH)–C–C–N with tert-alkyl or cyclic N) is 1. The Hall–Kier alpha value is -1.66. The van der Waals surface area contributed by atoms with Crippen LogP contribution in [0.2, 0.25) is 5.02 Å². The van der Waals surface area contributed by atoms with E-state index in [9.17, 15) is 19.1 Å². The molecule has 0 spiro atoms. The molecule has 1 aliphatic rings. The fraction of sp³-hybridized carbons (Fsp3) is 0.333. The number of carbonyl (C=O) groups excluding carboxylic acids is 1. The number of aliphatic carboxylic acids is 1. The van der Waals surface area contributed by atoms with E-state index in [0.29, 0.717) is 0 Å². The van der Waals surface area contributed by atoms with Gasteiger partial charge in [0, 0.05) is 18.0 Å². The maximum absolute atomic E-state index is 13.6. The Kier molecular flexibility index (Phi) is 3.73. The summed E-state index contributed by atoms with van der Waals surface area (Å²) >= 11 is 5.58. The van der Waals surface area contributed by atoms with Gasteiger partial charge in [0.05, 0.1) is 11.7 Å². The Morgan fingerprint density at radius 2 is 2.11 bits per heavy atom. The fourth-order valence-corrected chi connectivity index (χ4v) is 2.25. The summed E-state index contributed by atoms with van der Waals surface area (Å²) < 4.78 is 13.6. The van der Waals surface area contributed by atoms with Crippen LogP contribution >= 0.6 is 11.6 Å². The molecule has 102 valence electrons. The lowest BCUT2D eigenvalue weighted by atomic mass is 10.1. The van der Waals surface area contributed by atoms with Crippen molar-refractivity contribution >= 4 is 23.5 Å². The molecule has 1 fully saturated rings. The molecule has 2 N–H and O–H groups in total. The van der Waals surface area contributed by atoms with Gasteiger partial charge in [-0.3, -0.25) is 4.79 Å². The molecule has 1 heterocycles. The number of benzene rings is 1. The molecule has 0 aromatic heterocycles. The molecule has 0 radical (unpaired) electrons. The first-order chi connectivity index (χ1) is 8.90. The van der Waals surface area contributed by atoms with Crippen molar-refractivity contribution in [3.63, 3.8) is 0 Å². The van der Waals surface area contributed by atoms with E-state index in [4.69, 9.17) is 16.7 Å². The maximum atomic E-state index is 13.6. The average Bonchev–Trinajstić information content (AvgIpc) is 2.70. The third kappa shape index (κ3) is 2.69. The van der Waals surface area contributed by atoms with Crippen molar-refractivity contribution < 1.29 is 24.2 Å². The summed E-state index contributed by atoms with van der Waals surface area (Å²) in [5.74, 6) is -2.81. The number of rotatable bonds is 2. The Bertz CT molecular complexity index is 536. The summed E-state index contributed by atoms with van der Waals surface area (Å²) in [6, 6.07) is 2.39. The molecule has 0 unspecified atom stereocenters. The highest BCUT2D eigenvalue weighted by molar-refractivity contribution is 6.30. The number of carboxylic acid groups (broad SMARTS) is 1. The van der Waals surface area contributed by atoms with Gasteiger partial charge in [0.15, 0.2) is 0 Å². The normalized spacial score (nSPS) is 22.6. The number of aliphatic hydroxyl groups excluding tert-OH is 1. The Morgan fingerprint density at radius 1 is 1.42 bits per heavy atom. The number of hydrogen-bond acceptors (Lipinski definition) is 3. The van der Waals surface area contributed by atoms with Crippen LogP contribution < -0.4 is 0 Å². The van der Waals surface area contributed by atoms with Crippen LogP contribution in [0.15, 0.2) is 18.2 Å². The smallest absolute Gasteiger partial charge is 0.326 e. The first kappa shape index (κ1) is 13.8. The number of amides is 1. The second-order valence-corrected chi connectivity index (χ2v) is 4.76. The molecule has 0 bridgehead atoms. The van der Waals surface area contributed by atoms with E-state index >= 15 is 0 Å². The van der Waals surface area contributed by atoms with E-state index in [1.165, 1.54) is 12.1 Å². The Morgan fingerprint density at radius 3 is 2.68 bits per heavy atom. The van der Waals surface area contributed by atoms with Crippen LogP contribution in [0.1, 0.15) is 16.8 Å². The van der Waals surface area contributed by atoms with Crippen molar-refractivity contribution in [1.82, 2.24) is 4.90 Å². The molecule has 19 heavy (non-hydrogen) atoms. The van der Waals surface area contributed by atoms with Crippen LogP contribution in [0.3, 0.4) is 0 Å². The SMILES string of the molecule is O=C(O)[C@@H]1C[C@H](O)CN1C(=O)c1ccc(Cl)cc1F. The molecule has 1 aromatic carbocycles. The molecule has 1 aromatic rings. The lowest BCUT2D eigenvalue weighted by molar-refractivity contribution is -0.141. The van der Waals surface area contributed by atoms with Crippen molar-refractivity contribution in [1.29, 1.82) is 0 Å². The van der Waals surface area contributed by atoms with Crippen molar-refractivity contribution in [2.75, 3.05) is 6.54 Å². The van der Waals surface area contributed by atoms with Crippen molar-refractivity contribution in [3.8, 4) is 0 Å². The van der Waals surface area contributed by atoms with Gasteiger partial charge >= 0.3 is 5.97 Å². The summed E-state index contributed by atoms with van der Waals surface area (Å²) in [4.78, 5) is 24.1. The summed E-state index contributed by atoms with van der Waals surface area (Å²) in [5, 5.41) is 18.6. The molecular formula is C12H11ClFNO4. The zero-order valence-electron chi connectivity index (χ0n) is 9.72. The molecule has 5 nitrogen and oxygen atoms in total. The maximum Gasteiger partial charge on any atom is 0.326 e. The van der Waals surface area contributed by atoms with Gasteiger partial charge in [-0.1, -0.05) is 11.6 Å². The number of halogens is 2. The van der Waals surface area contributed by atoms with Crippen LogP contribution in [0.25, 0.3) is 0 Å². The minimum absolute atomic E-state index is 0.0592. The lowest BCUT2D eigenvalue weighted by Gasteiger charge is -2.21. The van der Waals surface area contributed by atoms with Crippen LogP contribution in [-0.2, 0) is 4.79 Å². The number of nitrogens with zero attached hydrogens (tertiary/aromatic N) is 1. The molecule has 1 amide bonds.